The molecule has 0 saturated carbocycles. The van der Waals surface area contributed by atoms with Gasteiger partial charge in [-0.2, -0.15) is 0 Å². The summed E-state index contributed by atoms with van der Waals surface area (Å²) in [6, 6.07) is 4.99. The van der Waals surface area contributed by atoms with Crippen LogP contribution in [-0.4, -0.2) is 18.1 Å². The Kier molecular flexibility index (Phi) is 6.88. The van der Waals surface area contributed by atoms with Crippen molar-refractivity contribution < 1.29 is 4.74 Å². The lowest BCUT2D eigenvalue weighted by molar-refractivity contribution is 0.324. The van der Waals surface area contributed by atoms with Crippen molar-refractivity contribution in [3.63, 3.8) is 0 Å². The molecule has 0 unspecified atom stereocenters. The highest BCUT2D eigenvalue weighted by Crippen LogP contribution is 2.27. The van der Waals surface area contributed by atoms with Gasteiger partial charge in [-0.3, -0.25) is 0 Å². The van der Waals surface area contributed by atoms with Crippen LogP contribution in [0.4, 0.5) is 0 Å². The van der Waals surface area contributed by atoms with Crippen LogP contribution in [-0.2, 0) is 0 Å². The molecule has 4 nitrogen and oxygen atoms in total. The number of halogens is 2. The highest BCUT2D eigenvalue weighted by atomic mass is 35.5. The summed E-state index contributed by atoms with van der Waals surface area (Å²) >= 11 is 11.9. The number of allylic oxidation sites excluding steroid dienone is 2. The third kappa shape index (κ3) is 4.72. The zero-order chi connectivity index (χ0) is 15.1. The number of hydrogen-bond acceptors (Lipinski definition) is 4. The molecule has 0 bridgehead atoms. The van der Waals surface area contributed by atoms with Gasteiger partial charge in [0.15, 0.2) is 0 Å². The summed E-state index contributed by atoms with van der Waals surface area (Å²) in [4.78, 5) is 0. The highest BCUT2D eigenvalue weighted by Gasteiger charge is 2.11. The minimum Gasteiger partial charge on any atom is -0.455 e. The minimum atomic E-state index is 0.452. The van der Waals surface area contributed by atoms with Crippen molar-refractivity contribution in [2.45, 2.75) is 13.3 Å². The van der Waals surface area contributed by atoms with Crippen LogP contribution in [0.3, 0.4) is 0 Å². The third-order valence-corrected chi connectivity index (χ3v) is 3.02. The van der Waals surface area contributed by atoms with E-state index in [1.54, 1.807) is 29.3 Å². The summed E-state index contributed by atoms with van der Waals surface area (Å²) in [5.41, 5.74) is 6.32. The molecule has 0 amide bonds. The maximum absolute atomic E-state index is 5.94. The Balaban J connectivity index is 3.07. The number of nitrogens with two attached hydrogens (primary N) is 2. The van der Waals surface area contributed by atoms with E-state index in [0.717, 1.165) is 5.70 Å². The van der Waals surface area contributed by atoms with Gasteiger partial charge >= 0.3 is 0 Å². The van der Waals surface area contributed by atoms with Gasteiger partial charge in [-0.05, 0) is 30.7 Å². The van der Waals surface area contributed by atoms with Crippen LogP contribution >= 0.6 is 23.2 Å². The van der Waals surface area contributed by atoms with E-state index in [9.17, 15) is 0 Å². The van der Waals surface area contributed by atoms with Gasteiger partial charge in [0.25, 0.3) is 0 Å². The smallest absolute Gasteiger partial charge is 0.147 e. The largest absolute Gasteiger partial charge is 0.455 e. The van der Waals surface area contributed by atoms with Crippen LogP contribution in [0.15, 0.2) is 42.3 Å². The molecule has 0 fully saturated rings. The van der Waals surface area contributed by atoms with E-state index in [2.05, 4.69) is 6.58 Å². The van der Waals surface area contributed by atoms with E-state index in [1.807, 2.05) is 6.92 Å². The monoisotopic (exact) mass is 315 g/mol. The van der Waals surface area contributed by atoms with Crippen LogP contribution in [0.1, 0.15) is 13.3 Å². The zero-order valence-corrected chi connectivity index (χ0v) is 12.9. The van der Waals surface area contributed by atoms with Crippen molar-refractivity contribution in [3.05, 3.63) is 52.4 Å². The van der Waals surface area contributed by atoms with Crippen LogP contribution in [0.2, 0.25) is 10.0 Å². The van der Waals surface area contributed by atoms with Crippen molar-refractivity contribution in [3.8, 4) is 5.75 Å². The maximum atomic E-state index is 5.94. The van der Waals surface area contributed by atoms with Gasteiger partial charge in [0.1, 0.15) is 11.5 Å². The lowest BCUT2D eigenvalue weighted by Crippen LogP contribution is -2.35. The van der Waals surface area contributed by atoms with Gasteiger partial charge in [0.2, 0.25) is 0 Å². The summed E-state index contributed by atoms with van der Waals surface area (Å²) in [6.07, 6.45) is 2.29. The standard InChI is InChI=1S/C14H19Cl2N3O/c1-3-13(19(18)6-5-17)14(4-2)20-12-8-10(15)7-11(16)9-12/h4,7-9H,2-3,5-6,17-18H2,1H3/b14-13+. The first-order valence-electron chi connectivity index (χ1n) is 6.23. The Morgan fingerprint density at radius 3 is 2.40 bits per heavy atom. The molecule has 0 atom stereocenters. The van der Waals surface area contributed by atoms with Gasteiger partial charge in [0, 0.05) is 23.1 Å². The average molecular weight is 316 g/mol. The predicted molar refractivity (Wildman–Crippen MR) is 84.6 cm³/mol. The molecular formula is C14H19Cl2N3O. The summed E-state index contributed by atoms with van der Waals surface area (Å²) in [6.45, 7) is 6.71. The molecule has 1 rings (SSSR count). The minimum absolute atomic E-state index is 0.452. The second-order valence-corrected chi connectivity index (χ2v) is 4.93. The van der Waals surface area contributed by atoms with Crippen molar-refractivity contribution in [1.82, 2.24) is 5.01 Å². The number of hydrogen-bond donors (Lipinski definition) is 2. The lowest BCUT2D eigenvalue weighted by Gasteiger charge is -2.23. The van der Waals surface area contributed by atoms with Crippen LogP contribution < -0.4 is 16.3 Å². The Bertz CT molecular complexity index is 483. The molecule has 0 saturated heterocycles. The molecular weight excluding hydrogens is 297 g/mol. The molecule has 0 aliphatic heterocycles. The van der Waals surface area contributed by atoms with E-state index in [0.29, 0.717) is 41.1 Å². The Labute approximate surface area is 129 Å². The van der Waals surface area contributed by atoms with Crippen molar-refractivity contribution >= 4 is 23.2 Å². The molecule has 0 heterocycles. The van der Waals surface area contributed by atoms with Crippen LogP contribution in [0, 0.1) is 0 Å². The van der Waals surface area contributed by atoms with E-state index >= 15 is 0 Å². The quantitative estimate of drug-likeness (QED) is 0.350. The predicted octanol–water partition coefficient (Wildman–Crippen LogP) is 3.31. The summed E-state index contributed by atoms with van der Waals surface area (Å²) < 4.78 is 5.78. The van der Waals surface area contributed by atoms with E-state index in [4.69, 9.17) is 39.5 Å². The molecule has 0 aliphatic carbocycles. The van der Waals surface area contributed by atoms with E-state index in [-0.39, 0.29) is 0 Å². The average Bonchev–Trinajstić information content (AvgIpc) is 2.37. The Hall–Kier alpha value is -1.20. The van der Waals surface area contributed by atoms with Gasteiger partial charge in [-0.15, -0.1) is 0 Å². The highest BCUT2D eigenvalue weighted by molar-refractivity contribution is 6.34. The summed E-state index contributed by atoms with van der Waals surface area (Å²) in [5, 5.41) is 2.56. The fourth-order valence-electron chi connectivity index (χ4n) is 1.73. The van der Waals surface area contributed by atoms with Gasteiger partial charge in [-0.25, -0.2) is 5.84 Å². The van der Waals surface area contributed by atoms with Crippen molar-refractivity contribution in [2.24, 2.45) is 11.6 Å². The van der Waals surface area contributed by atoms with Crippen molar-refractivity contribution in [1.29, 1.82) is 0 Å². The topological polar surface area (TPSA) is 64.5 Å². The number of ether oxygens (including phenoxy) is 1. The molecule has 110 valence electrons. The molecule has 6 heteroatoms. The number of rotatable bonds is 7. The molecule has 1 aromatic carbocycles. The summed E-state index contributed by atoms with van der Waals surface area (Å²) in [7, 11) is 0. The second kappa shape index (κ2) is 8.17. The lowest BCUT2D eigenvalue weighted by atomic mass is 10.2. The molecule has 4 N–H and O–H groups in total. The maximum Gasteiger partial charge on any atom is 0.147 e. The van der Waals surface area contributed by atoms with E-state index < -0.39 is 0 Å². The Morgan fingerprint density at radius 2 is 1.95 bits per heavy atom. The second-order valence-electron chi connectivity index (χ2n) is 4.06. The number of benzene rings is 1. The van der Waals surface area contributed by atoms with Gasteiger partial charge in [-0.1, -0.05) is 36.7 Å². The van der Waals surface area contributed by atoms with E-state index in [1.165, 1.54) is 0 Å². The molecule has 0 aromatic heterocycles. The third-order valence-electron chi connectivity index (χ3n) is 2.59. The first kappa shape index (κ1) is 16.9. The molecule has 20 heavy (non-hydrogen) atoms. The number of nitrogens with zero attached hydrogens (tertiary/aromatic N) is 1. The number of hydrazine groups is 1. The fraction of sp³-hybridized carbons (Fsp3) is 0.286. The Morgan fingerprint density at radius 1 is 1.35 bits per heavy atom. The fourth-order valence-corrected chi connectivity index (χ4v) is 2.23. The van der Waals surface area contributed by atoms with Gasteiger partial charge < -0.3 is 15.5 Å². The SMILES string of the molecule is C=C/C(Oc1cc(Cl)cc(Cl)c1)=C(/CC)N(N)CCN. The van der Waals surface area contributed by atoms with Gasteiger partial charge in [0.05, 0.1) is 5.70 Å². The molecule has 0 aliphatic rings. The van der Waals surface area contributed by atoms with Crippen LogP contribution in [0.25, 0.3) is 0 Å². The summed E-state index contributed by atoms with van der Waals surface area (Å²) in [5.74, 6) is 7.03. The molecule has 0 radical (unpaired) electrons. The zero-order valence-electron chi connectivity index (χ0n) is 11.4. The normalized spacial score (nSPS) is 11.8. The van der Waals surface area contributed by atoms with Crippen molar-refractivity contribution in [2.75, 3.05) is 13.1 Å². The molecule has 1 aromatic rings. The molecule has 0 spiro atoms. The van der Waals surface area contributed by atoms with Crippen LogP contribution in [0.5, 0.6) is 5.75 Å². The first-order chi connectivity index (χ1) is 9.51. The first-order valence-corrected chi connectivity index (χ1v) is 6.99.